The van der Waals surface area contributed by atoms with E-state index in [-0.39, 0.29) is 6.04 Å². The van der Waals surface area contributed by atoms with Crippen LogP contribution in [0.25, 0.3) is 0 Å². The molecule has 4 nitrogen and oxygen atoms in total. The van der Waals surface area contributed by atoms with E-state index in [4.69, 9.17) is 16.6 Å². The number of furan rings is 1. The Labute approximate surface area is 149 Å². The third kappa shape index (κ3) is 4.36. The normalized spacial score (nSPS) is 16.1. The van der Waals surface area contributed by atoms with Gasteiger partial charge in [0.05, 0.1) is 12.3 Å². The lowest BCUT2D eigenvalue weighted by Crippen LogP contribution is -2.38. The van der Waals surface area contributed by atoms with Crippen LogP contribution in [-0.2, 0) is 0 Å². The highest BCUT2D eigenvalue weighted by Gasteiger charge is 2.25. The Balaban J connectivity index is 1.60. The van der Waals surface area contributed by atoms with Crippen LogP contribution < -0.4 is 10.6 Å². The van der Waals surface area contributed by atoms with Crippen LogP contribution in [0.5, 0.6) is 0 Å². The van der Waals surface area contributed by atoms with Crippen LogP contribution in [0.15, 0.2) is 41.0 Å². The second kappa shape index (κ2) is 7.81. The fourth-order valence-corrected chi connectivity index (χ4v) is 3.56. The summed E-state index contributed by atoms with van der Waals surface area (Å²) in [4.78, 5) is 2.46. The first kappa shape index (κ1) is 17.0. The smallest absolute Gasteiger partial charge is 0.170 e. The zero-order valence-electron chi connectivity index (χ0n) is 14.3. The monoisotopic (exact) mass is 343 g/mol. The molecule has 128 valence electrons. The van der Waals surface area contributed by atoms with Crippen LogP contribution in [0.4, 0.5) is 5.69 Å². The summed E-state index contributed by atoms with van der Waals surface area (Å²) in [5, 5.41) is 7.29. The number of likely N-dealkylation sites (tertiary alicyclic amines) is 1. The van der Waals surface area contributed by atoms with Crippen LogP contribution in [0.1, 0.15) is 35.8 Å². The van der Waals surface area contributed by atoms with Crippen LogP contribution in [0, 0.1) is 13.8 Å². The van der Waals surface area contributed by atoms with Gasteiger partial charge in [-0.25, -0.2) is 0 Å². The first-order chi connectivity index (χ1) is 11.6. The van der Waals surface area contributed by atoms with Crippen molar-refractivity contribution >= 4 is 23.0 Å². The van der Waals surface area contributed by atoms with E-state index in [0.717, 1.165) is 31.1 Å². The van der Waals surface area contributed by atoms with Crippen molar-refractivity contribution in [3.05, 3.63) is 53.5 Å². The minimum absolute atomic E-state index is 0.224. The van der Waals surface area contributed by atoms with Gasteiger partial charge in [-0.2, -0.15) is 0 Å². The number of anilines is 1. The summed E-state index contributed by atoms with van der Waals surface area (Å²) >= 11 is 5.47. The highest BCUT2D eigenvalue weighted by atomic mass is 32.1. The van der Waals surface area contributed by atoms with Gasteiger partial charge < -0.3 is 15.1 Å². The molecule has 2 heterocycles. The van der Waals surface area contributed by atoms with Crippen LogP contribution in [0.3, 0.4) is 0 Å². The molecule has 0 amide bonds. The van der Waals surface area contributed by atoms with Crippen molar-refractivity contribution in [1.29, 1.82) is 0 Å². The number of nitrogens with one attached hydrogen (secondary N) is 2. The van der Waals surface area contributed by atoms with Gasteiger partial charge in [0.15, 0.2) is 5.11 Å². The molecular formula is C19H25N3OS. The summed E-state index contributed by atoms with van der Waals surface area (Å²) in [7, 11) is 0. The molecule has 1 aromatic heterocycles. The number of hydrogen-bond acceptors (Lipinski definition) is 3. The Morgan fingerprint density at radius 2 is 1.92 bits per heavy atom. The number of rotatable bonds is 5. The molecule has 1 aliphatic rings. The molecule has 1 atom stereocenters. The third-order valence-corrected chi connectivity index (χ3v) is 4.63. The number of benzene rings is 1. The molecular weight excluding hydrogens is 318 g/mol. The van der Waals surface area contributed by atoms with E-state index >= 15 is 0 Å². The molecule has 1 fully saturated rings. The summed E-state index contributed by atoms with van der Waals surface area (Å²) in [5.41, 5.74) is 3.48. The van der Waals surface area contributed by atoms with Crippen molar-refractivity contribution < 1.29 is 4.42 Å². The van der Waals surface area contributed by atoms with Crippen molar-refractivity contribution in [1.82, 2.24) is 10.2 Å². The molecule has 3 rings (SSSR count). The standard InChI is InChI=1S/C19H25N3OS/c1-14-10-15(2)12-16(11-14)21-19(24)20-13-17(18-6-5-9-23-18)22-7-3-4-8-22/h5-6,9-12,17H,3-4,7-8,13H2,1-2H3,(H2,20,21,24)/t17-/m1/s1. The molecule has 24 heavy (non-hydrogen) atoms. The van der Waals surface area contributed by atoms with Crippen molar-refractivity contribution in [2.75, 3.05) is 25.0 Å². The number of aryl methyl sites for hydroxylation is 2. The average molecular weight is 343 g/mol. The average Bonchev–Trinajstić information content (AvgIpc) is 3.19. The van der Waals surface area contributed by atoms with Gasteiger partial charge >= 0.3 is 0 Å². The third-order valence-electron chi connectivity index (χ3n) is 4.39. The van der Waals surface area contributed by atoms with Crippen LogP contribution in [0.2, 0.25) is 0 Å². The number of thiocarbonyl (C=S) groups is 1. The highest BCUT2D eigenvalue weighted by Crippen LogP contribution is 2.25. The first-order valence-corrected chi connectivity index (χ1v) is 8.93. The lowest BCUT2D eigenvalue weighted by atomic mass is 10.1. The summed E-state index contributed by atoms with van der Waals surface area (Å²) in [5.74, 6) is 0.999. The van der Waals surface area contributed by atoms with Crippen LogP contribution >= 0.6 is 12.2 Å². The molecule has 1 saturated heterocycles. The minimum Gasteiger partial charge on any atom is -0.468 e. The van der Waals surface area contributed by atoms with E-state index < -0.39 is 0 Å². The largest absolute Gasteiger partial charge is 0.468 e. The Bertz CT molecular complexity index is 658. The van der Waals surface area contributed by atoms with E-state index in [1.54, 1.807) is 6.26 Å². The van der Waals surface area contributed by atoms with E-state index in [9.17, 15) is 0 Å². The quantitative estimate of drug-likeness (QED) is 0.803. The molecule has 1 aliphatic heterocycles. The summed E-state index contributed by atoms with van der Waals surface area (Å²) in [6.45, 7) is 7.16. The Morgan fingerprint density at radius 1 is 1.21 bits per heavy atom. The van der Waals surface area contributed by atoms with Gasteiger partial charge in [0, 0.05) is 12.2 Å². The maximum Gasteiger partial charge on any atom is 0.170 e. The zero-order chi connectivity index (χ0) is 16.9. The Kier molecular flexibility index (Phi) is 5.53. The van der Waals surface area contributed by atoms with Crippen molar-refractivity contribution in [2.24, 2.45) is 0 Å². The van der Waals surface area contributed by atoms with E-state index in [0.29, 0.717) is 5.11 Å². The topological polar surface area (TPSA) is 40.4 Å². The molecule has 0 unspecified atom stereocenters. The minimum atomic E-state index is 0.224. The van der Waals surface area contributed by atoms with Crippen molar-refractivity contribution in [3.8, 4) is 0 Å². The maximum atomic E-state index is 5.64. The molecule has 0 radical (unpaired) electrons. The maximum absolute atomic E-state index is 5.64. The molecule has 0 aliphatic carbocycles. The molecule has 0 saturated carbocycles. The van der Waals surface area contributed by atoms with E-state index in [1.807, 2.05) is 12.1 Å². The first-order valence-electron chi connectivity index (χ1n) is 8.52. The number of nitrogens with zero attached hydrogens (tertiary/aromatic N) is 1. The lowest BCUT2D eigenvalue weighted by molar-refractivity contribution is 0.216. The van der Waals surface area contributed by atoms with Crippen LogP contribution in [-0.4, -0.2) is 29.6 Å². The SMILES string of the molecule is Cc1cc(C)cc(NC(=S)NC[C@H](c2ccco2)N2CCCC2)c1. The van der Waals surface area contributed by atoms with Gasteiger partial charge in [-0.15, -0.1) is 0 Å². The lowest BCUT2D eigenvalue weighted by Gasteiger charge is -2.26. The van der Waals surface area contributed by atoms with Gasteiger partial charge in [0.1, 0.15) is 5.76 Å². The van der Waals surface area contributed by atoms with Gasteiger partial charge in [-0.05, 0) is 87.4 Å². The predicted molar refractivity (Wildman–Crippen MR) is 102 cm³/mol. The summed E-state index contributed by atoms with van der Waals surface area (Å²) in [6.07, 6.45) is 4.25. The molecule has 0 spiro atoms. The number of hydrogen-bond donors (Lipinski definition) is 2. The molecule has 2 N–H and O–H groups in total. The fraction of sp³-hybridized carbons (Fsp3) is 0.421. The van der Waals surface area contributed by atoms with Gasteiger partial charge in [0.25, 0.3) is 0 Å². The molecule has 2 aromatic rings. The van der Waals surface area contributed by atoms with Gasteiger partial charge in [-0.3, -0.25) is 4.90 Å². The molecule has 0 bridgehead atoms. The Hall–Kier alpha value is -1.85. The summed E-state index contributed by atoms with van der Waals surface area (Å²) in [6, 6.07) is 10.6. The fourth-order valence-electron chi connectivity index (χ4n) is 3.36. The second-order valence-electron chi connectivity index (χ2n) is 6.49. The second-order valence-corrected chi connectivity index (χ2v) is 6.89. The molecule has 1 aromatic carbocycles. The van der Waals surface area contributed by atoms with E-state index in [2.05, 4.69) is 47.6 Å². The van der Waals surface area contributed by atoms with Gasteiger partial charge in [0.2, 0.25) is 0 Å². The predicted octanol–water partition coefficient (Wildman–Crippen LogP) is 4.02. The van der Waals surface area contributed by atoms with Crippen molar-refractivity contribution in [2.45, 2.75) is 32.7 Å². The molecule has 5 heteroatoms. The summed E-state index contributed by atoms with van der Waals surface area (Å²) < 4.78 is 5.64. The van der Waals surface area contributed by atoms with E-state index in [1.165, 1.54) is 24.0 Å². The zero-order valence-corrected chi connectivity index (χ0v) is 15.2. The van der Waals surface area contributed by atoms with Crippen molar-refractivity contribution in [3.63, 3.8) is 0 Å². The highest BCUT2D eigenvalue weighted by molar-refractivity contribution is 7.80. The van der Waals surface area contributed by atoms with Gasteiger partial charge in [-0.1, -0.05) is 6.07 Å². The Morgan fingerprint density at radius 3 is 2.54 bits per heavy atom.